The summed E-state index contributed by atoms with van der Waals surface area (Å²) < 4.78 is 5.73. The first-order chi connectivity index (χ1) is 8.19. The fourth-order valence-electron chi connectivity index (χ4n) is 2.24. The second-order valence-corrected chi connectivity index (χ2v) is 4.57. The van der Waals surface area contributed by atoms with Gasteiger partial charge in [-0.3, -0.25) is 0 Å². The number of nitrogens with zero attached hydrogens (tertiary/aromatic N) is 2. The molecule has 2 rings (SSSR count). The quantitative estimate of drug-likeness (QED) is 0.871. The van der Waals surface area contributed by atoms with Gasteiger partial charge in [-0.1, -0.05) is 6.07 Å². The van der Waals surface area contributed by atoms with Gasteiger partial charge in [0, 0.05) is 19.6 Å². The molecule has 0 bridgehead atoms. The van der Waals surface area contributed by atoms with Gasteiger partial charge in [-0.05, 0) is 32.9 Å². The third kappa shape index (κ3) is 3.09. The zero-order valence-electron chi connectivity index (χ0n) is 10.8. The number of morpholine rings is 1. The largest absolute Gasteiger partial charge is 0.372 e. The van der Waals surface area contributed by atoms with E-state index in [0.29, 0.717) is 0 Å². The molecule has 17 heavy (non-hydrogen) atoms. The predicted octanol–water partition coefficient (Wildman–Crippen LogP) is 2.13. The van der Waals surface area contributed by atoms with Crippen LogP contribution < -0.4 is 10.2 Å². The molecular formula is C13H21N3O. The van der Waals surface area contributed by atoms with Crippen LogP contribution in [-0.4, -0.2) is 36.8 Å². The first kappa shape index (κ1) is 12.2. The molecule has 1 aromatic rings. The topological polar surface area (TPSA) is 37.4 Å². The minimum atomic E-state index is 0.267. The normalized spacial score (nSPS) is 24.8. The monoisotopic (exact) mass is 235 g/mol. The van der Waals surface area contributed by atoms with Gasteiger partial charge in [-0.15, -0.1) is 0 Å². The lowest BCUT2D eigenvalue weighted by Gasteiger charge is -2.36. The summed E-state index contributed by atoms with van der Waals surface area (Å²) in [6.07, 6.45) is 0.534. The van der Waals surface area contributed by atoms with Crippen LogP contribution in [0.3, 0.4) is 0 Å². The van der Waals surface area contributed by atoms with Crippen LogP contribution in [0, 0.1) is 0 Å². The summed E-state index contributed by atoms with van der Waals surface area (Å²) in [7, 11) is 0. The van der Waals surface area contributed by atoms with E-state index in [9.17, 15) is 0 Å². The third-order valence-corrected chi connectivity index (χ3v) is 2.84. The van der Waals surface area contributed by atoms with E-state index in [1.807, 2.05) is 12.1 Å². The molecule has 0 aromatic carbocycles. The van der Waals surface area contributed by atoms with Crippen molar-refractivity contribution in [2.24, 2.45) is 0 Å². The molecule has 0 saturated carbocycles. The maximum Gasteiger partial charge on any atom is 0.131 e. The summed E-state index contributed by atoms with van der Waals surface area (Å²) in [4.78, 5) is 6.91. The molecule has 1 fully saturated rings. The SMILES string of the molecule is CCNc1cccc(N2C[C@@H](C)O[C@@H](C)C2)n1. The molecule has 94 valence electrons. The smallest absolute Gasteiger partial charge is 0.131 e. The van der Waals surface area contributed by atoms with Crippen molar-refractivity contribution in [3.8, 4) is 0 Å². The number of rotatable bonds is 3. The maximum atomic E-state index is 5.73. The van der Waals surface area contributed by atoms with Crippen LogP contribution >= 0.6 is 0 Å². The van der Waals surface area contributed by atoms with Gasteiger partial charge in [-0.2, -0.15) is 0 Å². The second kappa shape index (κ2) is 5.36. The molecule has 0 amide bonds. The summed E-state index contributed by atoms with van der Waals surface area (Å²) in [5.41, 5.74) is 0. The lowest BCUT2D eigenvalue weighted by atomic mass is 10.2. The van der Waals surface area contributed by atoms with Crippen molar-refractivity contribution in [2.75, 3.05) is 29.9 Å². The van der Waals surface area contributed by atoms with E-state index in [0.717, 1.165) is 31.3 Å². The van der Waals surface area contributed by atoms with Crippen molar-refractivity contribution in [1.82, 2.24) is 4.98 Å². The van der Waals surface area contributed by atoms with Crippen molar-refractivity contribution in [1.29, 1.82) is 0 Å². The molecular weight excluding hydrogens is 214 g/mol. The highest BCUT2D eigenvalue weighted by molar-refractivity contribution is 5.47. The molecule has 0 radical (unpaired) electrons. The highest BCUT2D eigenvalue weighted by atomic mass is 16.5. The molecule has 1 aromatic heterocycles. The van der Waals surface area contributed by atoms with Crippen molar-refractivity contribution < 1.29 is 4.74 Å². The van der Waals surface area contributed by atoms with Crippen LogP contribution in [0.2, 0.25) is 0 Å². The average molecular weight is 235 g/mol. The van der Waals surface area contributed by atoms with E-state index in [1.54, 1.807) is 0 Å². The molecule has 0 aliphatic carbocycles. The summed E-state index contributed by atoms with van der Waals surface area (Å²) in [5, 5.41) is 3.24. The van der Waals surface area contributed by atoms with Crippen molar-refractivity contribution in [2.45, 2.75) is 33.0 Å². The zero-order chi connectivity index (χ0) is 12.3. The van der Waals surface area contributed by atoms with E-state index in [1.165, 1.54) is 0 Å². The fraction of sp³-hybridized carbons (Fsp3) is 0.615. The first-order valence-corrected chi connectivity index (χ1v) is 6.30. The molecule has 0 spiro atoms. The van der Waals surface area contributed by atoms with E-state index in [4.69, 9.17) is 4.74 Å². The van der Waals surface area contributed by atoms with Crippen LogP contribution in [0.15, 0.2) is 18.2 Å². The Bertz CT molecular complexity index is 359. The molecule has 1 N–H and O–H groups in total. The minimum absolute atomic E-state index is 0.267. The Balaban J connectivity index is 2.12. The molecule has 2 heterocycles. The Kier molecular flexibility index (Phi) is 3.84. The highest BCUT2D eigenvalue weighted by Crippen LogP contribution is 2.19. The van der Waals surface area contributed by atoms with Gasteiger partial charge in [-0.25, -0.2) is 4.98 Å². The van der Waals surface area contributed by atoms with Gasteiger partial charge in [0.2, 0.25) is 0 Å². The second-order valence-electron chi connectivity index (χ2n) is 4.57. The number of nitrogens with one attached hydrogen (secondary N) is 1. The molecule has 4 heteroatoms. The number of ether oxygens (including phenoxy) is 1. The summed E-state index contributed by atoms with van der Waals surface area (Å²) in [5.74, 6) is 1.97. The van der Waals surface area contributed by atoms with Gasteiger partial charge in [0.05, 0.1) is 12.2 Å². The van der Waals surface area contributed by atoms with Gasteiger partial charge < -0.3 is 15.0 Å². The number of hydrogen-bond acceptors (Lipinski definition) is 4. The van der Waals surface area contributed by atoms with Crippen LogP contribution in [0.4, 0.5) is 11.6 Å². The maximum absolute atomic E-state index is 5.73. The Morgan fingerprint density at radius 3 is 2.71 bits per heavy atom. The molecule has 1 aliphatic rings. The standard InChI is InChI=1S/C13H21N3O/c1-4-14-12-6-5-7-13(15-12)16-8-10(2)17-11(3)9-16/h5-7,10-11H,4,8-9H2,1-3H3,(H,14,15)/t10-,11+. The van der Waals surface area contributed by atoms with Crippen LogP contribution in [0.25, 0.3) is 0 Å². The molecule has 2 atom stereocenters. The Hall–Kier alpha value is -1.29. The third-order valence-electron chi connectivity index (χ3n) is 2.84. The molecule has 4 nitrogen and oxygen atoms in total. The molecule has 1 saturated heterocycles. The van der Waals surface area contributed by atoms with E-state index >= 15 is 0 Å². The number of anilines is 2. The Labute approximate surface area is 103 Å². The van der Waals surface area contributed by atoms with Crippen molar-refractivity contribution >= 4 is 11.6 Å². The van der Waals surface area contributed by atoms with Crippen LogP contribution in [0.1, 0.15) is 20.8 Å². The fourth-order valence-corrected chi connectivity index (χ4v) is 2.24. The number of pyridine rings is 1. The Morgan fingerprint density at radius 1 is 1.35 bits per heavy atom. The van der Waals surface area contributed by atoms with Crippen molar-refractivity contribution in [3.63, 3.8) is 0 Å². The molecule has 1 aliphatic heterocycles. The van der Waals surface area contributed by atoms with Crippen LogP contribution in [-0.2, 0) is 4.74 Å². The lowest BCUT2D eigenvalue weighted by Crippen LogP contribution is -2.45. The first-order valence-electron chi connectivity index (χ1n) is 6.30. The summed E-state index contributed by atoms with van der Waals surface area (Å²) in [6.45, 7) is 9.01. The van der Waals surface area contributed by atoms with Crippen molar-refractivity contribution in [3.05, 3.63) is 18.2 Å². The zero-order valence-corrected chi connectivity index (χ0v) is 10.8. The summed E-state index contributed by atoms with van der Waals surface area (Å²) in [6, 6.07) is 6.11. The summed E-state index contributed by atoms with van der Waals surface area (Å²) >= 11 is 0. The predicted molar refractivity (Wildman–Crippen MR) is 70.6 cm³/mol. The number of aromatic nitrogens is 1. The van der Waals surface area contributed by atoms with Gasteiger partial charge >= 0.3 is 0 Å². The molecule has 0 unspecified atom stereocenters. The Morgan fingerprint density at radius 2 is 2.06 bits per heavy atom. The van der Waals surface area contributed by atoms with E-state index in [2.05, 4.69) is 42.0 Å². The van der Waals surface area contributed by atoms with Gasteiger partial charge in [0.15, 0.2) is 0 Å². The van der Waals surface area contributed by atoms with E-state index in [-0.39, 0.29) is 12.2 Å². The average Bonchev–Trinajstić information content (AvgIpc) is 2.28. The minimum Gasteiger partial charge on any atom is -0.372 e. The number of hydrogen-bond donors (Lipinski definition) is 1. The highest BCUT2D eigenvalue weighted by Gasteiger charge is 2.23. The van der Waals surface area contributed by atoms with E-state index < -0.39 is 0 Å². The van der Waals surface area contributed by atoms with Gasteiger partial charge in [0.25, 0.3) is 0 Å². The van der Waals surface area contributed by atoms with Gasteiger partial charge in [0.1, 0.15) is 11.6 Å². The lowest BCUT2D eigenvalue weighted by molar-refractivity contribution is -0.00545. The van der Waals surface area contributed by atoms with Crippen LogP contribution in [0.5, 0.6) is 0 Å².